The van der Waals surface area contributed by atoms with Crippen LogP contribution in [0.15, 0.2) is 36.0 Å². The second-order valence-electron chi connectivity index (χ2n) is 6.27. The van der Waals surface area contributed by atoms with Crippen LogP contribution in [0.25, 0.3) is 10.2 Å². The molecule has 3 aromatic rings. The molecule has 2 aromatic heterocycles. The van der Waals surface area contributed by atoms with E-state index in [2.05, 4.69) is 46.1 Å². The number of hydrogen-bond donors (Lipinski definition) is 0. The second kappa shape index (κ2) is 6.49. The first-order valence-corrected chi connectivity index (χ1v) is 9.21. The Balaban J connectivity index is 1.54. The highest BCUT2D eigenvalue weighted by atomic mass is 32.1. The summed E-state index contributed by atoms with van der Waals surface area (Å²) in [7, 11) is 1.70. The number of aromatic nitrogens is 2. The molecule has 0 fully saturated rings. The third kappa shape index (κ3) is 2.89. The largest absolute Gasteiger partial charge is 0.495 e. The summed E-state index contributed by atoms with van der Waals surface area (Å²) < 4.78 is 6.57. The maximum atomic E-state index is 5.32. The number of methoxy groups -OCH3 is 1. The first-order valence-electron chi connectivity index (χ1n) is 8.33. The fraction of sp³-hybridized carbons (Fsp3) is 0.368. The van der Waals surface area contributed by atoms with Gasteiger partial charge in [0.2, 0.25) is 0 Å². The van der Waals surface area contributed by atoms with Crippen LogP contribution in [0, 0.1) is 0 Å². The average molecular weight is 339 g/mol. The van der Waals surface area contributed by atoms with E-state index in [1.807, 2.05) is 11.7 Å². The smallest absolute Gasteiger partial charge is 0.137 e. The molecule has 0 saturated heterocycles. The molecule has 0 aliphatic carbocycles. The predicted molar refractivity (Wildman–Crippen MR) is 97.8 cm³/mol. The first kappa shape index (κ1) is 15.5. The lowest BCUT2D eigenvalue weighted by atomic mass is 10.1. The molecular formula is C19H21N3OS. The first-order chi connectivity index (χ1) is 11.7. The van der Waals surface area contributed by atoms with Crippen LogP contribution in [0.3, 0.4) is 0 Å². The van der Waals surface area contributed by atoms with Crippen molar-refractivity contribution < 1.29 is 4.74 Å². The van der Waals surface area contributed by atoms with E-state index in [1.165, 1.54) is 21.5 Å². The predicted octanol–water partition coefficient (Wildman–Crippen LogP) is 3.86. The van der Waals surface area contributed by atoms with Gasteiger partial charge in [0.1, 0.15) is 5.75 Å². The van der Waals surface area contributed by atoms with Crippen molar-refractivity contribution >= 4 is 21.6 Å². The number of rotatable bonds is 3. The van der Waals surface area contributed by atoms with Gasteiger partial charge in [-0.1, -0.05) is 6.07 Å². The topological polar surface area (TPSA) is 38.2 Å². The van der Waals surface area contributed by atoms with E-state index in [4.69, 9.17) is 4.74 Å². The van der Waals surface area contributed by atoms with Gasteiger partial charge in [0, 0.05) is 31.2 Å². The van der Waals surface area contributed by atoms with E-state index in [9.17, 15) is 0 Å². The van der Waals surface area contributed by atoms with Crippen molar-refractivity contribution in [3.8, 4) is 5.75 Å². The lowest BCUT2D eigenvalue weighted by Gasteiger charge is -2.27. The van der Waals surface area contributed by atoms with Crippen molar-refractivity contribution in [2.45, 2.75) is 25.8 Å². The summed E-state index contributed by atoms with van der Waals surface area (Å²) in [4.78, 5) is 11.6. The van der Waals surface area contributed by atoms with Crippen LogP contribution < -0.4 is 4.74 Å². The third-order valence-electron chi connectivity index (χ3n) is 4.96. The number of fused-ring (bicyclic) bond motifs is 2. The van der Waals surface area contributed by atoms with Crippen LogP contribution in [0.4, 0.5) is 0 Å². The van der Waals surface area contributed by atoms with Crippen molar-refractivity contribution in [3.63, 3.8) is 0 Å². The van der Waals surface area contributed by atoms with Crippen LogP contribution >= 0.6 is 11.3 Å². The summed E-state index contributed by atoms with van der Waals surface area (Å²) in [5.41, 5.74) is 6.89. The number of ether oxygens (including phenoxy) is 1. The van der Waals surface area contributed by atoms with Crippen LogP contribution in [0.5, 0.6) is 5.75 Å². The normalized spacial score (nSPS) is 16.6. The minimum absolute atomic E-state index is 0.382. The van der Waals surface area contributed by atoms with Gasteiger partial charge < -0.3 is 4.74 Å². The molecule has 0 saturated carbocycles. The van der Waals surface area contributed by atoms with Crippen LogP contribution in [-0.2, 0) is 12.8 Å². The Kier molecular flexibility index (Phi) is 4.21. The summed E-state index contributed by atoms with van der Waals surface area (Å²) in [6, 6.07) is 9.18. The third-order valence-corrected chi connectivity index (χ3v) is 5.77. The van der Waals surface area contributed by atoms with E-state index in [0.29, 0.717) is 6.04 Å². The molecule has 0 N–H and O–H groups in total. The molecule has 0 radical (unpaired) electrons. The molecule has 1 atom stereocenters. The highest BCUT2D eigenvalue weighted by Gasteiger charge is 2.21. The Morgan fingerprint density at radius 2 is 2.04 bits per heavy atom. The maximum absolute atomic E-state index is 5.32. The molecular weight excluding hydrogens is 318 g/mol. The molecule has 24 heavy (non-hydrogen) atoms. The fourth-order valence-corrected chi connectivity index (χ4v) is 4.09. The number of pyridine rings is 1. The zero-order chi connectivity index (χ0) is 16.5. The lowest BCUT2D eigenvalue weighted by Crippen LogP contribution is -2.29. The van der Waals surface area contributed by atoms with Gasteiger partial charge in [0.05, 0.1) is 29.0 Å². The molecule has 0 bridgehead atoms. The average Bonchev–Trinajstić information content (AvgIpc) is 2.99. The van der Waals surface area contributed by atoms with E-state index in [-0.39, 0.29) is 0 Å². The van der Waals surface area contributed by atoms with Crippen LogP contribution in [0.1, 0.15) is 29.8 Å². The van der Waals surface area contributed by atoms with Crippen molar-refractivity contribution in [2.24, 2.45) is 0 Å². The van der Waals surface area contributed by atoms with E-state index >= 15 is 0 Å². The number of benzene rings is 1. The molecule has 5 heteroatoms. The minimum Gasteiger partial charge on any atom is -0.495 e. The standard InChI is InChI=1S/C19H21N3OS/c1-13(14-3-4-19-18(10-14)21-12-24-19)22-7-5-15-9-16(23-2)11-20-17(15)6-8-22/h3-4,9-13H,5-8H2,1-2H3/t13-/m0/s1. The summed E-state index contributed by atoms with van der Waals surface area (Å²) in [6.45, 7) is 4.36. The molecule has 1 aliphatic rings. The van der Waals surface area contributed by atoms with Gasteiger partial charge in [-0.15, -0.1) is 11.3 Å². The highest BCUT2D eigenvalue weighted by Crippen LogP contribution is 2.28. The van der Waals surface area contributed by atoms with Crippen LogP contribution in [0.2, 0.25) is 0 Å². The SMILES string of the molecule is COc1cnc2c(c1)CCN([C@@H](C)c1ccc3scnc3c1)CC2. The molecule has 124 valence electrons. The van der Waals surface area contributed by atoms with Gasteiger partial charge in [-0.05, 0) is 42.7 Å². The number of nitrogens with zero attached hydrogens (tertiary/aromatic N) is 3. The monoisotopic (exact) mass is 339 g/mol. The summed E-state index contributed by atoms with van der Waals surface area (Å²) in [5, 5.41) is 0. The molecule has 1 aromatic carbocycles. The van der Waals surface area contributed by atoms with Crippen molar-refractivity contribution in [2.75, 3.05) is 20.2 Å². The number of hydrogen-bond acceptors (Lipinski definition) is 5. The summed E-state index contributed by atoms with van der Waals surface area (Å²) in [5.74, 6) is 0.851. The summed E-state index contributed by atoms with van der Waals surface area (Å²) in [6.07, 6.45) is 3.83. The van der Waals surface area contributed by atoms with Gasteiger partial charge in [-0.2, -0.15) is 0 Å². The van der Waals surface area contributed by atoms with Crippen LogP contribution in [-0.4, -0.2) is 35.1 Å². The molecule has 0 unspecified atom stereocenters. The molecule has 0 spiro atoms. The van der Waals surface area contributed by atoms with E-state index in [0.717, 1.165) is 37.2 Å². The quantitative estimate of drug-likeness (QED) is 0.726. The fourth-order valence-electron chi connectivity index (χ4n) is 3.43. The Hall–Kier alpha value is -1.98. The van der Waals surface area contributed by atoms with Crippen molar-refractivity contribution in [1.82, 2.24) is 14.9 Å². The molecule has 3 heterocycles. The van der Waals surface area contributed by atoms with Gasteiger partial charge in [-0.3, -0.25) is 9.88 Å². The lowest BCUT2D eigenvalue weighted by molar-refractivity contribution is 0.221. The minimum atomic E-state index is 0.382. The Morgan fingerprint density at radius 3 is 2.92 bits per heavy atom. The Bertz CT molecular complexity index is 861. The molecule has 4 rings (SSSR count). The van der Waals surface area contributed by atoms with Gasteiger partial charge in [0.15, 0.2) is 0 Å². The maximum Gasteiger partial charge on any atom is 0.137 e. The molecule has 0 amide bonds. The van der Waals surface area contributed by atoms with Gasteiger partial charge >= 0.3 is 0 Å². The Labute approximate surface area is 146 Å². The van der Waals surface area contributed by atoms with Crippen molar-refractivity contribution in [3.05, 3.63) is 52.8 Å². The van der Waals surface area contributed by atoms with E-state index < -0.39 is 0 Å². The van der Waals surface area contributed by atoms with Gasteiger partial charge in [0.25, 0.3) is 0 Å². The second-order valence-corrected chi connectivity index (χ2v) is 7.16. The number of thiazole rings is 1. The zero-order valence-electron chi connectivity index (χ0n) is 14.0. The Morgan fingerprint density at radius 1 is 1.17 bits per heavy atom. The molecule has 4 nitrogen and oxygen atoms in total. The highest BCUT2D eigenvalue weighted by molar-refractivity contribution is 7.16. The zero-order valence-corrected chi connectivity index (χ0v) is 14.8. The van der Waals surface area contributed by atoms with Gasteiger partial charge in [-0.25, -0.2) is 4.98 Å². The van der Waals surface area contributed by atoms with Crippen molar-refractivity contribution in [1.29, 1.82) is 0 Å². The summed E-state index contributed by atoms with van der Waals surface area (Å²) >= 11 is 1.70. The van der Waals surface area contributed by atoms with E-state index in [1.54, 1.807) is 18.4 Å². The molecule has 1 aliphatic heterocycles.